The summed E-state index contributed by atoms with van der Waals surface area (Å²) in [6.07, 6.45) is 5.95. The molecule has 2 aliphatic heterocycles. The van der Waals surface area contributed by atoms with Crippen LogP contribution in [0.4, 0.5) is 11.5 Å². The lowest BCUT2D eigenvalue weighted by molar-refractivity contribution is -0.0690. The first kappa shape index (κ1) is 18.7. The molecule has 1 aromatic rings. The highest BCUT2D eigenvalue weighted by molar-refractivity contribution is 6.32. The third-order valence-electron chi connectivity index (χ3n) is 5.29. The molecule has 0 saturated carbocycles. The van der Waals surface area contributed by atoms with Crippen molar-refractivity contribution < 1.29 is 4.74 Å². The summed E-state index contributed by atoms with van der Waals surface area (Å²) in [5, 5.41) is 3.62. The van der Waals surface area contributed by atoms with Gasteiger partial charge in [-0.3, -0.25) is 4.90 Å². The van der Waals surface area contributed by atoms with Crippen LogP contribution in [0.3, 0.4) is 0 Å². The van der Waals surface area contributed by atoms with Crippen molar-refractivity contribution in [1.29, 1.82) is 0 Å². The molecule has 0 spiro atoms. The topological polar surface area (TPSA) is 53.5 Å². The summed E-state index contributed by atoms with van der Waals surface area (Å²) in [4.78, 5) is 13.4. The second-order valence-corrected chi connectivity index (χ2v) is 7.71. The normalized spacial score (nSPS) is 26.0. The summed E-state index contributed by atoms with van der Waals surface area (Å²) in [6, 6.07) is 0. The fraction of sp³-hybridized carbons (Fsp3) is 0.778. The van der Waals surface area contributed by atoms with Crippen LogP contribution in [-0.2, 0) is 4.74 Å². The molecular formula is C18H30ClN5O. The van der Waals surface area contributed by atoms with Crippen LogP contribution in [-0.4, -0.2) is 66.8 Å². The molecule has 140 valence electrons. The average Bonchev–Trinajstić information content (AvgIpc) is 2.59. The van der Waals surface area contributed by atoms with Crippen molar-refractivity contribution in [2.24, 2.45) is 5.92 Å². The van der Waals surface area contributed by atoms with Crippen LogP contribution in [0.15, 0.2) is 6.33 Å². The van der Waals surface area contributed by atoms with Crippen LogP contribution in [0.2, 0.25) is 5.15 Å². The SMILES string of the molecule is CNc1c(Cl)ncnc1N1CCC(CCN2CC(C)OC(C)C2)CC1. The predicted molar refractivity (Wildman–Crippen MR) is 103 cm³/mol. The maximum Gasteiger partial charge on any atom is 0.157 e. The molecule has 25 heavy (non-hydrogen) atoms. The summed E-state index contributed by atoms with van der Waals surface area (Å²) in [7, 11) is 1.87. The van der Waals surface area contributed by atoms with Crippen LogP contribution < -0.4 is 10.2 Å². The van der Waals surface area contributed by atoms with Gasteiger partial charge in [-0.15, -0.1) is 0 Å². The van der Waals surface area contributed by atoms with Crippen molar-refractivity contribution in [3.05, 3.63) is 11.5 Å². The van der Waals surface area contributed by atoms with E-state index in [1.54, 1.807) is 6.33 Å². The van der Waals surface area contributed by atoms with Crippen molar-refractivity contribution in [1.82, 2.24) is 14.9 Å². The van der Waals surface area contributed by atoms with E-state index in [1.807, 2.05) is 7.05 Å². The number of nitrogens with zero attached hydrogens (tertiary/aromatic N) is 4. The van der Waals surface area contributed by atoms with Crippen LogP contribution in [0.1, 0.15) is 33.1 Å². The summed E-state index contributed by atoms with van der Waals surface area (Å²) in [5.74, 6) is 1.72. The van der Waals surface area contributed by atoms with E-state index in [9.17, 15) is 0 Å². The van der Waals surface area contributed by atoms with E-state index in [0.717, 1.165) is 43.6 Å². The number of hydrogen-bond acceptors (Lipinski definition) is 6. The van der Waals surface area contributed by atoms with E-state index in [-0.39, 0.29) is 0 Å². The van der Waals surface area contributed by atoms with Crippen LogP contribution in [0, 0.1) is 5.92 Å². The first-order chi connectivity index (χ1) is 12.1. The minimum Gasteiger partial charge on any atom is -0.383 e. The molecular weight excluding hydrogens is 338 g/mol. The van der Waals surface area contributed by atoms with E-state index >= 15 is 0 Å². The Morgan fingerprint density at radius 3 is 2.52 bits per heavy atom. The molecule has 0 aromatic carbocycles. The largest absolute Gasteiger partial charge is 0.383 e. The fourth-order valence-electron chi connectivity index (χ4n) is 4.08. The Bertz CT molecular complexity index is 554. The molecule has 1 aromatic heterocycles. The number of hydrogen-bond donors (Lipinski definition) is 1. The van der Waals surface area contributed by atoms with Crippen molar-refractivity contribution in [3.8, 4) is 0 Å². The summed E-state index contributed by atoms with van der Waals surface area (Å²) in [5.41, 5.74) is 0.832. The molecule has 3 heterocycles. The third kappa shape index (κ3) is 4.74. The van der Waals surface area contributed by atoms with Gasteiger partial charge in [0.15, 0.2) is 11.0 Å². The highest BCUT2D eigenvalue weighted by Crippen LogP contribution is 2.32. The van der Waals surface area contributed by atoms with E-state index in [1.165, 1.54) is 25.8 Å². The van der Waals surface area contributed by atoms with Crippen molar-refractivity contribution in [3.63, 3.8) is 0 Å². The number of ether oxygens (including phenoxy) is 1. The Labute approximate surface area is 155 Å². The monoisotopic (exact) mass is 367 g/mol. The lowest BCUT2D eigenvalue weighted by Gasteiger charge is -2.37. The number of morpholine rings is 1. The van der Waals surface area contributed by atoms with Crippen molar-refractivity contribution >= 4 is 23.1 Å². The first-order valence-electron chi connectivity index (χ1n) is 9.37. The highest BCUT2D eigenvalue weighted by atomic mass is 35.5. The van der Waals surface area contributed by atoms with Gasteiger partial charge < -0.3 is 15.0 Å². The number of rotatable bonds is 5. The van der Waals surface area contributed by atoms with E-state index < -0.39 is 0 Å². The smallest absolute Gasteiger partial charge is 0.157 e. The molecule has 0 aliphatic carbocycles. The zero-order chi connectivity index (χ0) is 17.8. The fourth-order valence-corrected chi connectivity index (χ4v) is 4.30. The van der Waals surface area contributed by atoms with Gasteiger partial charge in [-0.05, 0) is 45.6 Å². The Morgan fingerprint density at radius 2 is 1.88 bits per heavy atom. The third-order valence-corrected chi connectivity index (χ3v) is 5.58. The van der Waals surface area contributed by atoms with Gasteiger partial charge in [-0.25, -0.2) is 9.97 Å². The lowest BCUT2D eigenvalue weighted by atomic mass is 9.93. The van der Waals surface area contributed by atoms with Gasteiger partial charge in [0.25, 0.3) is 0 Å². The molecule has 6 nitrogen and oxygen atoms in total. The molecule has 2 saturated heterocycles. The molecule has 1 N–H and O–H groups in total. The Morgan fingerprint density at radius 1 is 1.20 bits per heavy atom. The summed E-state index contributed by atoms with van der Waals surface area (Å²) >= 11 is 6.18. The zero-order valence-electron chi connectivity index (χ0n) is 15.5. The minimum atomic E-state index is 0.355. The van der Waals surface area contributed by atoms with Gasteiger partial charge in [0.1, 0.15) is 12.0 Å². The van der Waals surface area contributed by atoms with Gasteiger partial charge in [0, 0.05) is 33.2 Å². The standard InChI is InChI=1S/C18H30ClN5O/c1-13-10-23(11-14(2)25-13)7-4-15-5-8-24(9-6-15)18-16(20-3)17(19)21-12-22-18/h12-15,20H,4-11H2,1-3H3. The average molecular weight is 368 g/mol. The minimum absolute atomic E-state index is 0.355. The van der Waals surface area contributed by atoms with Crippen LogP contribution in [0.5, 0.6) is 0 Å². The van der Waals surface area contributed by atoms with E-state index in [2.05, 4.69) is 38.9 Å². The number of aromatic nitrogens is 2. The lowest BCUT2D eigenvalue weighted by Crippen LogP contribution is -2.46. The molecule has 0 radical (unpaired) electrons. The van der Waals surface area contributed by atoms with Gasteiger partial charge in [0.05, 0.1) is 12.2 Å². The Kier molecular flexibility index (Phi) is 6.36. The Balaban J connectivity index is 1.48. The number of piperidine rings is 1. The summed E-state index contributed by atoms with van der Waals surface area (Å²) in [6.45, 7) is 9.72. The zero-order valence-corrected chi connectivity index (χ0v) is 16.3. The summed E-state index contributed by atoms with van der Waals surface area (Å²) < 4.78 is 5.83. The Hall–Kier alpha value is -1.11. The molecule has 0 amide bonds. The molecule has 0 bridgehead atoms. The molecule has 2 unspecified atom stereocenters. The van der Waals surface area contributed by atoms with E-state index in [4.69, 9.17) is 16.3 Å². The molecule has 3 rings (SSSR count). The molecule has 2 fully saturated rings. The number of nitrogens with one attached hydrogen (secondary N) is 1. The van der Waals surface area contributed by atoms with Crippen molar-refractivity contribution in [2.75, 3.05) is 50.0 Å². The maximum absolute atomic E-state index is 6.18. The number of halogens is 1. The molecule has 2 atom stereocenters. The van der Waals surface area contributed by atoms with Crippen molar-refractivity contribution in [2.45, 2.75) is 45.3 Å². The second kappa shape index (κ2) is 8.52. The van der Waals surface area contributed by atoms with Gasteiger partial charge in [0.2, 0.25) is 0 Å². The highest BCUT2D eigenvalue weighted by Gasteiger charge is 2.25. The quantitative estimate of drug-likeness (QED) is 0.807. The molecule has 7 heteroatoms. The van der Waals surface area contributed by atoms with E-state index in [0.29, 0.717) is 17.4 Å². The van der Waals surface area contributed by atoms with Gasteiger partial charge >= 0.3 is 0 Å². The second-order valence-electron chi connectivity index (χ2n) is 7.35. The number of anilines is 2. The maximum atomic E-state index is 6.18. The van der Waals surface area contributed by atoms with Crippen LogP contribution in [0.25, 0.3) is 0 Å². The first-order valence-corrected chi connectivity index (χ1v) is 9.75. The molecule has 2 aliphatic rings. The van der Waals surface area contributed by atoms with Gasteiger partial charge in [-0.2, -0.15) is 0 Å². The predicted octanol–water partition coefficient (Wildman–Crippen LogP) is 2.89. The van der Waals surface area contributed by atoms with Crippen LogP contribution >= 0.6 is 11.6 Å². The van der Waals surface area contributed by atoms with Gasteiger partial charge in [-0.1, -0.05) is 11.6 Å².